The number of hydrogen-bond donors (Lipinski definition) is 1. The zero-order valence-corrected chi connectivity index (χ0v) is 16.1. The fourth-order valence-corrected chi connectivity index (χ4v) is 3.10. The van der Waals surface area contributed by atoms with Gasteiger partial charge in [0.2, 0.25) is 11.7 Å². The Morgan fingerprint density at radius 1 is 0.857 bits per heavy atom. The van der Waals surface area contributed by atoms with E-state index >= 15 is 0 Å². The number of carboxylic acids is 1. The van der Waals surface area contributed by atoms with Crippen LogP contribution in [0.15, 0.2) is 60.7 Å². The molecule has 142 valence electrons. The summed E-state index contributed by atoms with van der Waals surface area (Å²) in [6, 6.07) is 18.2. The van der Waals surface area contributed by atoms with E-state index in [0.717, 1.165) is 16.3 Å². The summed E-state index contributed by atoms with van der Waals surface area (Å²) in [6.45, 7) is 0.147. The Morgan fingerprint density at radius 2 is 1.57 bits per heavy atom. The van der Waals surface area contributed by atoms with Crippen molar-refractivity contribution in [2.24, 2.45) is 0 Å². The lowest BCUT2D eigenvalue weighted by atomic mass is 10.1. The van der Waals surface area contributed by atoms with Crippen LogP contribution >= 0.6 is 23.2 Å². The van der Waals surface area contributed by atoms with Crippen LogP contribution in [0, 0.1) is 0 Å². The van der Waals surface area contributed by atoms with Crippen LogP contribution in [0.1, 0.15) is 12.0 Å². The van der Waals surface area contributed by atoms with Gasteiger partial charge < -0.3 is 10.0 Å². The van der Waals surface area contributed by atoms with Crippen LogP contribution in [0.5, 0.6) is 0 Å². The molecule has 0 aromatic heterocycles. The highest BCUT2D eigenvalue weighted by atomic mass is 35.5. The summed E-state index contributed by atoms with van der Waals surface area (Å²) < 4.78 is 0. The molecule has 0 heterocycles. The second-order valence-corrected chi connectivity index (χ2v) is 6.98. The van der Waals surface area contributed by atoms with Gasteiger partial charge in [0.15, 0.2) is 0 Å². The maximum absolute atomic E-state index is 12.7. The highest BCUT2D eigenvalue weighted by Gasteiger charge is 2.23. The predicted octanol–water partition coefficient (Wildman–Crippen LogP) is 4.72. The van der Waals surface area contributed by atoms with Crippen molar-refractivity contribution in [3.05, 3.63) is 76.3 Å². The van der Waals surface area contributed by atoms with Gasteiger partial charge in [0.25, 0.3) is 0 Å². The minimum absolute atomic E-state index is 0.147. The number of carbonyl (C=O) groups excluding carboxylic acids is 2. The number of aliphatic carboxylic acids is 1. The molecule has 0 aliphatic carbocycles. The van der Waals surface area contributed by atoms with Crippen molar-refractivity contribution in [2.75, 3.05) is 4.90 Å². The third-order valence-electron chi connectivity index (χ3n) is 4.22. The van der Waals surface area contributed by atoms with Crippen LogP contribution in [-0.4, -0.2) is 22.8 Å². The second kappa shape index (κ2) is 8.42. The van der Waals surface area contributed by atoms with Crippen molar-refractivity contribution in [3.63, 3.8) is 0 Å². The number of halogens is 2. The molecule has 0 aliphatic rings. The number of benzene rings is 3. The first-order chi connectivity index (χ1) is 13.3. The van der Waals surface area contributed by atoms with Crippen LogP contribution < -0.4 is 4.90 Å². The van der Waals surface area contributed by atoms with Crippen LogP contribution in [0.2, 0.25) is 10.0 Å². The molecule has 0 fully saturated rings. The standard InChI is InChI=1S/C21H15Cl2NO4/c22-17-8-7-16(10-18(17)23)24(20(26)11-19(25)21(27)28)12-13-5-6-14-3-1-2-4-15(14)9-13/h1-10H,11-12H2,(H,27,28). The number of Topliss-reactive ketones (excluding diaryl/α,β-unsaturated/α-hetero) is 1. The predicted molar refractivity (Wildman–Crippen MR) is 109 cm³/mol. The summed E-state index contributed by atoms with van der Waals surface area (Å²) in [5.41, 5.74) is 1.24. The Kier molecular flexibility index (Phi) is 5.97. The second-order valence-electron chi connectivity index (χ2n) is 6.16. The zero-order valence-electron chi connectivity index (χ0n) is 14.6. The van der Waals surface area contributed by atoms with Gasteiger partial charge in [-0.25, -0.2) is 4.79 Å². The maximum atomic E-state index is 12.7. The fourth-order valence-electron chi connectivity index (χ4n) is 2.80. The lowest BCUT2D eigenvalue weighted by Crippen LogP contribution is -2.33. The van der Waals surface area contributed by atoms with Gasteiger partial charge in [-0.15, -0.1) is 0 Å². The van der Waals surface area contributed by atoms with E-state index in [9.17, 15) is 14.4 Å². The number of ketones is 1. The van der Waals surface area contributed by atoms with Gasteiger partial charge >= 0.3 is 5.97 Å². The van der Waals surface area contributed by atoms with Gasteiger partial charge in [-0.3, -0.25) is 9.59 Å². The van der Waals surface area contributed by atoms with Crippen LogP contribution in [0.4, 0.5) is 5.69 Å². The lowest BCUT2D eigenvalue weighted by Gasteiger charge is -2.23. The Hall–Kier alpha value is -2.89. The minimum Gasteiger partial charge on any atom is -0.475 e. The van der Waals surface area contributed by atoms with Crippen molar-refractivity contribution in [1.29, 1.82) is 0 Å². The normalized spacial score (nSPS) is 10.6. The number of nitrogens with zero attached hydrogens (tertiary/aromatic N) is 1. The molecule has 0 spiro atoms. The lowest BCUT2D eigenvalue weighted by molar-refractivity contribution is -0.150. The smallest absolute Gasteiger partial charge is 0.372 e. The van der Waals surface area contributed by atoms with E-state index in [0.29, 0.717) is 10.7 Å². The monoisotopic (exact) mass is 415 g/mol. The highest BCUT2D eigenvalue weighted by Crippen LogP contribution is 2.29. The molecule has 3 aromatic carbocycles. The van der Waals surface area contributed by atoms with Gasteiger partial charge in [-0.1, -0.05) is 59.6 Å². The summed E-state index contributed by atoms with van der Waals surface area (Å²) in [6.07, 6.45) is -0.747. The van der Waals surface area contributed by atoms with Crippen LogP contribution in [-0.2, 0) is 20.9 Å². The SMILES string of the molecule is O=C(O)C(=O)CC(=O)N(Cc1ccc2ccccc2c1)c1ccc(Cl)c(Cl)c1. The zero-order chi connectivity index (χ0) is 20.3. The van der Waals surface area contributed by atoms with E-state index in [1.165, 1.54) is 11.0 Å². The Labute approximate surface area is 171 Å². The molecule has 0 atom stereocenters. The molecule has 0 unspecified atom stereocenters. The summed E-state index contributed by atoms with van der Waals surface area (Å²) in [5.74, 6) is -3.46. The molecule has 1 N–H and O–H groups in total. The fraction of sp³-hybridized carbons (Fsp3) is 0.0952. The number of hydrogen-bond acceptors (Lipinski definition) is 3. The number of anilines is 1. The molecule has 7 heteroatoms. The largest absolute Gasteiger partial charge is 0.475 e. The maximum Gasteiger partial charge on any atom is 0.372 e. The van der Waals surface area contributed by atoms with Crippen molar-refractivity contribution >= 4 is 57.3 Å². The summed E-state index contributed by atoms with van der Waals surface area (Å²) in [7, 11) is 0. The molecular formula is C21H15Cl2NO4. The molecule has 0 saturated carbocycles. The minimum atomic E-state index is -1.65. The Bertz CT molecular complexity index is 1080. The molecule has 0 bridgehead atoms. The molecule has 3 aromatic rings. The van der Waals surface area contributed by atoms with Gasteiger partial charge in [0.1, 0.15) is 0 Å². The average molecular weight is 416 g/mol. The van der Waals surface area contributed by atoms with Gasteiger partial charge in [-0.05, 0) is 40.6 Å². The first-order valence-corrected chi connectivity index (χ1v) is 9.10. The molecule has 1 amide bonds. The molecule has 5 nitrogen and oxygen atoms in total. The molecule has 28 heavy (non-hydrogen) atoms. The molecule has 3 rings (SSSR count). The summed E-state index contributed by atoms with van der Waals surface area (Å²) in [4.78, 5) is 36.4. The van der Waals surface area contributed by atoms with E-state index in [2.05, 4.69) is 0 Å². The van der Waals surface area contributed by atoms with E-state index in [4.69, 9.17) is 28.3 Å². The molecular weight excluding hydrogens is 401 g/mol. The highest BCUT2D eigenvalue weighted by molar-refractivity contribution is 6.42. The van der Waals surface area contributed by atoms with Crippen LogP contribution in [0.25, 0.3) is 10.8 Å². The van der Waals surface area contributed by atoms with Gasteiger partial charge in [0, 0.05) is 5.69 Å². The first-order valence-electron chi connectivity index (χ1n) is 8.34. The first kappa shape index (κ1) is 19.9. The van der Waals surface area contributed by atoms with E-state index in [1.807, 2.05) is 42.5 Å². The quantitative estimate of drug-likeness (QED) is 0.466. The van der Waals surface area contributed by atoms with E-state index < -0.39 is 24.1 Å². The van der Waals surface area contributed by atoms with Crippen molar-refractivity contribution in [1.82, 2.24) is 0 Å². The number of carbonyl (C=O) groups is 3. The Balaban J connectivity index is 1.96. The number of amides is 1. The number of fused-ring (bicyclic) bond motifs is 1. The molecule has 0 saturated heterocycles. The topological polar surface area (TPSA) is 74.7 Å². The summed E-state index contributed by atoms with van der Waals surface area (Å²) >= 11 is 12.0. The third-order valence-corrected chi connectivity index (χ3v) is 4.96. The third kappa shape index (κ3) is 4.50. The van der Waals surface area contributed by atoms with Crippen LogP contribution in [0.3, 0.4) is 0 Å². The number of carboxylic acid groups (broad SMARTS) is 1. The van der Waals surface area contributed by atoms with Gasteiger partial charge in [0.05, 0.1) is 23.0 Å². The Morgan fingerprint density at radius 3 is 2.25 bits per heavy atom. The van der Waals surface area contributed by atoms with E-state index in [-0.39, 0.29) is 11.6 Å². The number of rotatable bonds is 6. The summed E-state index contributed by atoms with van der Waals surface area (Å²) in [5, 5.41) is 11.4. The van der Waals surface area contributed by atoms with Crippen molar-refractivity contribution in [3.8, 4) is 0 Å². The van der Waals surface area contributed by atoms with Crippen molar-refractivity contribution in [2.45, 2.75) is 13.0 Å². The molecule has 0 aliphatic heterocycles. The average Bonchev–Trinajstić information content (AvgIpc) is 2.68. The van der Waals surface area contributed by atoms with Crippen molar-refractivity contribution < 1.29 is 19.5 Å². The van der Waals surface area contributed by atoms with E-state index in [1.54, 1.807) is 12.1 Å². The molecule has 0 radical (unpaired) electrons. The van der Waals surface area contributed by atoms with Gasteiger partial charge in [-0.2, -0.15) is 0 Å².